The van der Waals surface area contributed by atoms with Crippen LogP contribution in [-0.2, 0) is 13.5 Å². The minimum Gasteiger partial charge on any atom is -0.338 e. The highest BCUT2D eigenvalue weighted by Gasteiger charge is 2.30. The van der Waals surface area contributed by atoms with Gasteiger partial charge < -0.3 is 9.88 Å². The van der Waals surface area contributed by atoms with Crippen molar-refractivity contribution in [3.05, 3.63) is 18.2 Å². The molecule has 0 saturated heterocycles. The lowest BCUT2D eigenvalue weighted by atomic mass is 9.71. The first-order chi connectivity index (χ1) is 9.24. The Morgan fingerprint density at radius 1 is 1.37 bits per heavy atom. The first-order valence-corrected chi connectivity index (χ1v) is 7.85. The highest BCUT2D eigenvalue weighted by Crippen LogP contribution is 2.37. The topological polar surface area (TPSA) is 29.9 Å². The van der Waals surface area contributed by atoms with Crippen LogP contribution in [0, 0.1) is 17.8 Å². The Balaban J connectivity index is 2.00. The van der Waals surface area contributed by atoms with Crippen LogP contribution in [0.3, 0.4) is 0 Å². The third-order valence-corrected chi connectivity index (χ3v) is 4.78. The fraction of sp³-hybridized carbons (Fsp3) is 0.812. The highest BCUT2D eigenvalue weighted by molar-refractivity contribution is 4.95. The molecule has 3 heteroatoms. The number of aryl methyl sites for hydroxylation is 1. The molecule has 2 rings (SSSR count). The molecule has 1 aliphatic rings. The normalized spacial score (nSPS) is 27.6. The minimum atomic E-state index is 0.804. The minimum absolute atomic E-state index is 0.804. The summed E-state index contributed by atoms with van der Waals surface area (Å²) in [4.78, 5) is 4.52. The summed E-state index contributed by atoms with van der Waals surface area (Å²) in [6, 6.07) is 0. The lowest BCUT2D eigenvalue weighted by Gasteiger charge is -2.36. The Bertz CT molecular complexity index is 372. The standard InChI is InChI=1S/C16H29N3/c1-4-5-13-6-7-14(12-17-2)15(10-13)11-16-18-8-9-19(16)3/h8-9,13-15,17H,4-7,10-12H2,1-3H3. The van der Waals surface area contributed by atoms with E-state index in [0.29, 0.717) is 0 Å². The van der Waals surface area contributed by atoms with Gasteiger partial charge in [0.15, 0.2) is 0 Å². The predicted octanol–water partition coefficient (Wildman–Crippen LogP) is 3.01. The summed E-state index contributed by atoms with van der Waals surface area (Å²) < 4.78 is 2.18. The maximum absolute atomic E-state index is 4.52. The maximum atomic E-state index is 4.52. The number of hydrogen-bond acceptors (Lipinski definition) is 2. The maximum Gasteiger partial charge on any atom is 0.108 e. The molecule has 0 aliphatic heterocycles. The second kappa shape index (κ2) is 7.09. The van der Waals surface area contributed by atoms with Gasteiger partial charge in [0.2, 0.25) is 0 Å². The SMILES string of the molecule is CCCC1CCC(CNC)C(Cc2nccn2C)C1. The number of nitrogens with one attached hydrogen (secondary N) is 1. The van der Waals surface area contributed by atoms with Crippen molar-refractivity contribution in [2.45, 2.75) is 45.4 Å². The van der Waals surface area contributed by atoms with Gasteiger partial charge >= 0.3 is 0 Å². The quantitative estimate of drug-likeness (QED) is 0.855. The van der Waals surface area contributed by atoms with Crippen molar-refractivity contribution in [1.29, 1.82) is 0 Å². The summed E-state index contributed by atoms with van der Waals surface area (Å²) in [6.07, 6.45) is 12.1. The highest BCUT2D eigenvalue weighted by atomic mass is 15.0. The van der Waals surface area contributed by atoms with E-state index < -0.39 is 0 Å². The van der Waals surface area contributed by atoms with E-state index in [9.17, 15) is 0 Å². The van der Waals surface area contributed by atoms with Gasteiger partial charge in [-0.3, -0.25) is 0 Å². The average molecular weight is 263 g/mol. The van der Waals surface area contributed by atoms with Gasteiger partial charge in [-0.1, -0.05) is 26.2 Å². The Morgan fingerprint density at radius 3 is 2.84 bits per heavy atom. The summed E-state index contributed by atoms with van der Waals surface area (Å²) in [5.74, 6) is 3.83. The number of nitrogens with zero attached hydrogens (tertiary/aromatic N) is 2. The summed E-state index contributed by atoms with van der Waals surface area (Å²) in [5.41, 5.74) is 0. The van der Waals surface area contributed by atoms with Crippen LogP contribution in [-0.4, -0.2) is 23.1 Å². The molecule has 1 heterocycles. The first kappa shape index (κ1) is 14.6. The zero-order valence-electron chi connectivity index (χ0n) is 12.7. The molecule has 3 unspecified atom stereocenters. The van der Waals surface area contributed by atoms with Crippen molar-refractivity contribution in [1.82, 2.24) is 14.9 Å². The molecule has 1 aliphatic carbocycles. The van der Waals surface area contributed by atoms with Crippen molar-refractivity contribution in [2.24, 2.45) is 24.8 Å². The van der Waals surface area contributed by atoms with Crippen LogP contribution >= 0.6 is 0 Å². The fourth-order valence-corrected chi connectivity index (χ4v) is 3.70. The summed E-state index contributed by atoms with van der Waals surface area (Å²) in [5, 5.41) is 3.38. The zero-order valence-corrected chi connectivity index (χ0v) is 12.7. The second-order valence-electron chi connectivity index (χ2n) is 6.20. The molecule has 0 spiro atoms. The molecule has 19 heavy (non-hydrogen) atoms. The van der Waals surface area contributed by atoms with Crippen molar-refractivity contribution >= 4 is 0 Å². The molecule has 0 radical (unpaired) electrons. The van der Waals surface area contributed by atoms with E-state index in [1.165, 1.54) is 37.9 Å². The van der Waals surface area contributed by atoms with E-state index in [1.807, 2.05) is 6.20 Å². The van der Waals surface area contributed by atoms with Gasteiger partial charge in [0, 0.05) is 25.9 Å². The summed E-state index contributed by atoms with van der Waals surface area (Å²) >= 11 is 0. The summed E-state index contributed by atoms with van der Waals surface area (Å²) in [7, 11) is 4.19. The number of hydrogen-bond donors (Lipinski definition) is 1. The molecule has 3 atom stereocenters. The van der Waals surface area contributed by atoms with Crippen LogP contribution in [0.2, 0.25) is 0 Å². The van der Waals surface area contributed by atoms with Crippen LogP contribution in [0.5, 0.6) is 0 Å². The van der Waals surface area contributed by atoms with Gasteiger partial charge in [-0.05, 0) is 44.2 Å². The monoisotopic (exact) mass is 263 g/mol. The third-order valence-electron chi connectivity index (χ3n) is 4.78. The molecule has 0 aromatic carbocycles. The van der Waals surface area contributed by atoms with Crippen LogP contribution in [0.1, 0.15) is 44.9 Å². The van der Waals surface area contributed by atoms with Crippen molar-refractivity contribution in [3.8, 4) is 0 Å². The Labute approximate surface area is 117 Å². The molecule has 1 saturated carbocycles. The molecule has 1 aromatic heterocycles. The third kappa shape index (κ3) is 3.82. The largest absolute Gasteiger partial charge is 0.338 e. The Hall–Kier alpha value is -0.830. The lowest BCUT2D eigenvalue weighted by molar-refractivity contribution is 0.167. The van der Waals surface area contributed by atoms with Crippen LogP contribution in [0.15, 0.2) is 12.4 Å². The van der Waals surface area contributed by atoms with Crippen molar-refractivity contribution < 1.29 is 0 Å². The van der Waals surface area contributed by atoms with Gasteiger partial charge in [-0.15, -0.1) is 0 Å². The van der Waals surface area contributed by atoms with E-state index in [4.69, 9.17) is 0 Å². The average Bonchev–Trinajstić information content (AvgIpc) is 2.79. The number of rotatable bonds is 6. The van der Waals surface area contributed by atoms with E-state index >= 15 is 0 Å². The Morgan fingerprint density at radius 2 is 2.21 bits per heavy atom. The van der Waals surface area contributed by atoms with E-state index in [2.05, 4.69) is 42.1 Å². The molecule has 1 fully saturated rings. The van der Waals surface area contributed by atoms with Crippen molar-refractivity contribution in [3.63, 3.8) is 0 Å². The van der Waals surface area contributed by atoms with E-state index in [0.717, 1.165) is 30.7 Å². The molecule has 0 amide bonds. The van der Waals surface area contributed by atoms with E-state index in [-0.39, 0.29) is 0 Å². The molecule has 108 valence electrons. The van der Waals surface area contributed by atoms with E-state index in [1.54, 1.807) is 0 Å². The van der Waals surface area contributed by atoms with Gasteiger partial charge in [-0.2, -0.15) is 0 Å². The number of imidazole rings is 1. The van der Waals surface area contributed by atoms with Gasteiger partial charge in [0.25, 0.3) is 0 Å². The number of aromatic nitrogens is 2. The fourth-order valence-electron chi connectivity index (χ4n) is 3.70. The predicted molar refractivity (Wildman–Crippen MR) is 80.1 cm³/mol. The van der Waals surface area contributed by atoms with Gasteiger partial charge in [0.1, 0.15) is 5.82 Å². The molecule has 1 aromatic rings. The van der Waals surface area contributed by atoms with Crippen LogP contribution in [0.4, 0.5) is 0 Å². The lowest BCUT2D eigenvalue weighted by Crippen LogP contribution is -2.33. The molecular formula is C16H29N3. The van der Waals surface area contributed by atoms with Crippen LogP contribution < -0.4 is 5.32 Å². The molecule has 1 N–H and O–H groups in total. The zero-order chi connectivity index (χ0) is 13.7. The molecule has 3 nitrogen and oxygen atoms in total. The smallest absolute Gasteiger partial charge is 0.108 e. The summed E-state index contributed by atoms with van der Waals surface area (Å²) in [6.45, 7) is 3.47. The van der Waals surface area contributed by atoms with Gasteiger partial charge in [-0.25, -0.2) is 4.98 Å². The Kier molecular flexibility index (Phi) is 5.44. The molecule has 0 bridgehead atoms. The second-order valence-corrected chi connectivity index (χ2v) is 6.20. The first-order valence-electron chi connectivity index (χ1n) is 7.85. The van der Waals surface area contributed by atoms with Crippen LogP contribution in [0.25, 0.3) is 0 Å². The molecular weight excluding hydrogens is 234 g/mol. The van der Waals surface area contributed by atoms with Gasteiger partial charge in [0.05, 0.1) is 0 Å². The van der Waals surface area contributed by atoms with Crippen molar-refractivity contribution in [2.75, 3.05) is 13.6 Å².